The molecule has 2 aromatic carbocycles. The van der Waals surface area contributed by atoms with Gasteiger partial charge in [0.05, 0.1) is 5.92 Å². The van der Waals surface area contributed by atoms with Crippen molar-refractivity contribution < 1.29 is 4.79 Å². The van der Waals surface area contributed by atoms with Gasteiger partial charge in [0.25, 0.3) is 0 Å². The Balaban J connectivity index is 1.44. The standard InChI is InChI=1S/C25H28N4OS/c1-18-7-5-11-22(15-18)31-25-23(26-12-13-27-25)29-14-6-10-21(17-29)24(30)28-16-20-9-4-3-8-19(20)2/h3-5,7-9,11-13,15,21H,6,10,14,16-17H2,1-2H3,(H,28,30)/t21-/m1/s1. The summed E-state index contributed by atoms with van der Waals surface area (Å²) in [4.78, 5) is 25.5. The Bertz CT molecular complexity index is 1050. The lowest BCUT2D eigenvalue weighted by molar-refractivity contribution is -0.125. The van der Waals surface area contributed by atoms with Crippen LogP contribution in [0.15, 0.2) is 70.8 Å². The molecule has 1 fully saturated rings. The van der Waals surface area contributed by atoms with Crippen LogP contribution in [-0.4, -0.2) is 29.0 Å². The van der Waals surface area contributed by atoms with Gasteiger partial charge in [-0.2, -0.15) is 0 Å². The number of anilines is 1. The quantitative estimate of drug-likeness (QED) is 0.608. The summed E-state index contributed by atoms with van der Waals surface area (Å²) in [5, 5.41) is 4.02. The summed E-state index contributed by atoms with van der Waals surface area (Å²) in [7, 11) is 0. The van der Waals surface area contributed by atoms with Crippen LogP contribution in [0.4, 0.5) is 5.82 Å². The second-order valence-corrected chi connectivity index (χ2v) is 9.10. The Morgan fingerprint density at radius 2 is 1.97 bits per heavy atom. The highest BCUT2D eigenvalue weighted by Gasteiger charge is 2.28. The number of carbonyl (C=O) groups excluding carboxylic acids is 1. The van der Waals surface area contributed by atoms with Gasteiger partial charge in [0.15, 0.2) is 5.82 Å². The van der Waals surface area contributed by atoms with E-state index in [1.165, 1.54) is 11.1 Å². The Kier molecular flexibility index (Phi) is 6.87. The molecule has 1 aliphatic heterocycles. The van der Waals surface area contributed by atoms with Crippen molar-refractivity contribution in [1.82, 2.24) is 15.3 Å². The zero-order chi connectivity index (χ0) is 21.6. The van der Waals surface area contributed by atoms with E-state index in [4.69, 9.17) is 0 Å². The van der Waals surface area contributed by atoms with E-state index in [-0.39, 0.29) is 11.8 Å². The van der Waals surface area contributed by atoms with E-state index < -0.39 is 0 Å². The molecule has 2 heterocycles. The monoisotopic (exact) mass is 432 g/mol. The summed E-state index contributed by atoms with van der Waals surface area (Å²) in [6.07, 6.45) is 5.33. The fourth-order valence-electron chi connectivity index (χ4n) is 3.92. The van der Waals surface area contributed by atoms with E-state index in [1.807, 2.05) is 12.1 Å². The summed E-state index contributed by atoms with van der Waals surface area (Å²) in [6.45, 7) is 6.29. The van der Waals surface area contributed by atoms with Crippen LogP contribution in [-0.2, 0) is 11.3 Å². The first kappa shape index (κ1) is 21.4. The van der Waals surface area contributed by atoms with Crippen LogP contribution in [0.25, 0.3) is 0 Å². The third-order valence-corrected chi connectivity index (χ3v) is 6.63. The fourth-order valence-corrected chi connectivity index (χ4v) is 4.92. The summed E-state index contributed by atoms with van der Waals surface area (Å²) < 4.78 is 0. The lowest BCUT2D eigenvalue weighted by atomic mass is 9.97. The third kappa shape index (κ3) is 5.44. The average molecular weight is 433 g/mol. The SMILES string of the molecule is Cc1cccc(Sc2nccnc2N2CCC[C@@H](C(=O)NCc3ccccc3C)C2)c1. The minimum Gasteiger partial charge on any atom is -0.354 e. The number of piperidine rings is 1. The molecule has 5 nitrogen and oxygen atoms in total. The lowest BCUT2D eigenvalue weighted by Crippen LogP contribution is -2.43. The summed E-state index contributed by atoms with van der Waals surface area (Å²) in [5.74, 6) is 0.937. The second-order valence-electron chi connectivity index (χ2n) is 8.03. The van der Waals surface area contributed by atoms with Crippen molar-refractivity contribution in [2.75, 3.05) is 18.0 Å². The molecule has 1 amide bonds. The number of aromatic nitrogens is 2. The number of amides is 1. The third-order valence-electron chi connectivity index (χ3n) is 5.66. The van der Waals surface area contributed by atoms with E-state index in [0.717, 1.165) is 40.7 Å². The van der Waals surface area contributed by atoms with Gasteiger partial charge in [-0.1, -0.05) is 53.7 Å². The molecule has 1 N–H and O–H groups in total. The van der Waals surface area contributed by atoms with E-state index in [0.29, 0.717) is 13.1 Å². The van der Waals surface area contributed by atoms with Gasteiger partial charge in [0.1, 0.15) is 5.03 Å². The molecular formula is C25H28N4OS. The molecule has 0 spiro atoms. The van der Waals surface area contributed by atoms with Gasteiger partial charge in [-0.25, -0.2) is 9.97 Å². The fraction of sp³-hybridized carbons (Fsp3) is 0.320. The first-order valence-corrected chi connectivity index (χ1v) is 11.5. The van der Waals surface area contributed by atoms with Crippen molar-refractivity contribution in [1.29, 1.82) is 0 Å². The van der Waals surface area contributed by atoms with Crippen LogP contribution in [0.1, 0.15) is 29.5 Å². The molecule has 1 aliphatic rings. The number of aryl methyl sites for hydroxylation is 2. The van der Waals surface area contributed by atoms with E-state index >= 15 is 0 Å². The molecule has 31 heavy (non-hydrogen) atoms. The number of nitrogens with one attached hydrogen (secondary N) is 1. The molecule has 1 saturated heterocycles. The van der Waals surface area contributed by atoms with Crippen molar-refractivity contribution in [2.45, 2.75) is 43.2 Å². The maximum atomic E-state index is 12.9. The predicted molar refractivity (Wildman–Crippen MR) is 125 cm³/mol. The van der Waals surface area contributed by atoms with Gasteiger partial charge in [-0.05, 0) is 49.9 Å². The van der Waals surface area contributed by atoms with Crippen LogP contribution < -0.4 is 10.2 Å². The molecule has 160 valence electrons. The van der Waals surface area contributed by atoms with Gasteiger partial charge < -0.3 is 10.2 Å². The molecule has 1 aromatic heterocycles. The molecule has 0 aliphatic carbocycles. The van der Waals surface area contributed by atoms with Gasteiger partial charge >= 0.3 is 0 Å². The molecule has 1 atom stereocenters. The number of carbonyl (C=O) groups is 1. The predicted octanol–water partition coefficient (Wildman–Crippen LogP) is 4.78. The number of hydrogen-bond donors (Lipinski definition) is 1. The van der Waals surface area contributed by atoms with Crippen LogP contribution in [0, 0.1) is 19.8 Å². The highest BCUT2D eigenvalue weighted by Crippen LogP contribution is 2.34. The minimum atomic E-state index is -0.0448. The van der Waals surface area contributed by atoms with Crippen LogP contribution in [0.3, 0.4) is 0 Å². The Morgan fingerprint density at radius 3 is 2.81 bits per heavy atom. The van der Waals surface area contributed by atoms with E-state index in [1.54, 1.807) is 24.2 Å². The molecule has 4 rings (SSSR count). The highest BCUT2D eigenvalue weighted by atomic mass is 32.2. The summed E-state index contributed by atoms with van der Waals surface area (Å²) in [5.41, 5.74) is 3.58. The number of benzene rings is 2. The summed E-state index contributed by atoms with van der Waals surface area (Å²) in [6, 6.07) is 16.6. The topological polar surface area (TPSA) is 58.1 Å². The minimum absolute atomic E-state index is 0.0448. The van der Waals surface area contributed by atoms with E-state index in [2.05, 4.69) is 70.4 Å². The van der Waals surface area contributed by atoms with Crippen molar-refractivity contribution in [3.05, 3.63) is 77.6 Å². The molecule has 6 heteroatoms. The van der Waals surface area contributed by atoms with E-state index in [9.17, 15) is 4.79 Å². The number of hydrogen-bond acceptors (Lipinski definition) is 5. The molecule has 0 bridgehead atoms. The van der Waals surface area contributed by atoms with Gasteiger partial charge in [-0.3, -0.25) is 4.79 Å². The van der Waals surface area contributed by atoms with Crippen molar-refractivity contribution in [2.24, 2.45) is 5.92 Å². The van der Waals surface area contributed by atoms with Crippen molar-refractivity contribution in [3.63, 3.8) is 0 Å². The Morgan fingerprint density at radius 1 is 1.13 bits per heavy atom. The maximum absolute atomic E-state index is 12.9. The zero-order valence-corrected chi connectivity index (χ0v) is 18.9. The Labute approximate surface area is 188 Å². The normalized spacial score (nSPS) is 16.2. The molecule has 3 aromatic rings. The first-order valence-electron chi connectivity index (χ1n) is 10.7. The molecule has 0 saturated carbocycles. The number of rotatable bonds is 6. The maximum Gasteiger partial charge on any atom is 0.225 e. The second kappa shape index (κ2) is 9.96. The van der Waals surface area contributed by atoms with Crippen LogP contribution in [0.2, 0.25) is 0 Å². The zero-order valence-electron chi connectivity index (χ0n) is 18.0. The van der Waals surface area contributed by atoms with Crippen molar-refractivity contribution in [3.8, 4) is 0 Å². The molecule has 0 unspecified atom stereocenters. The molecular weight excluding hydrogens is 404 g/mol. The average Bonchev–Trinajstić information content (AvgIpc) is 2.79. The summed E-state index contributed by atoms with van der Waals surface area (Å²) >= 11 is 1.62. The van der Waals surface area contributed by atoms with Gasteiger partial charge in [0, 0.05) is 36.9 Å². The highest BCUT2D eigenvalue weighted by molar-refractivity contribution is 7.99. The van der Waals surface area contributed by atoms with Gasteiger partial charge in [0.2, 0.25) is 5.91 Å². The Hall–Kier alpha value is -2.86. The number of nitrogens with zero attached hydrogens (tertiary/aromatic N) is 3. The lowest BCUT2D eigenvalue weighted by Gasteiger charge is -2.33. The smallest absolute Gasteiger partial charge is 0.225 e. The van der Waals surface area contributed by atoms with Crippen LogP contribution >= 0.6 is 11.8 Å². The van der Waals surface area contributed by atoms with Crippen LogP contribution in [0.5, 0.6) is 0 Å². The first-order chi connectivity index (χ1) is 15.1. The van der Waals surface area contributed by atoms with Gasteiger partial charge in [-0.15, -0.1) is 0 Å². The molecule has 0 radical (unpaired) electrons. The van der Waals surface area contributed by atoms with Crippen molar-refractivity contribution >= 4 is 23.5 Å². The largest absolute Gasteiger partial charge is 0.354 e.